The molecule has 0 aromatic rings. The van der Waals surface area contributed by atoms with E-state index in [-0.39, 0.29) is 17.5 Å². The smallest absolute Gasteiger partial charge is 0.160 e. The lowest BCUT2D eigenvalue weighted by Gasteiger charge is -2.39. The topological polar surface area (TPSA) is 58.9 Å². The van der Waals surface area contributed by atoms with Gasteiger partial charge in [0.25, 0.3) is 0 Å². The molecule has 1 fully saturated rings. The summed E-state index contributed by atoms with van der Waals surface area (Å²) in [5.41, 5.74) is -0.305. The predicted molar refractivity (Wildman–Crippen MR) is 60.0 cm³/mol. The molecule has 5 heteroatoms. The van der Waals surface area contributed by atoms with Crippen LogP contribution < -0.4 is 0 Å². The van der Waals surface area contributed by atoms with Crippen LogP contribution in [0.25, 0.3) is 0 Å². The van der Waals surface area contributed by atoms with Crippen LogP contribution in [0, 0.1) is 0 Å². The average Bonchev–Trinajstić information content (AvgIpc) is 2.08. The van der Waals surface area contributed by atoms with Gasteiger partial charge in [-0.1, -0.05) is 0 Å². The van der Waals surface area contributed by atoms with Gasteiger partial charge in [-0.25, -0.2) is 0 Å². The minimum absolute atomic E-state index is 0.219. The molecule has 0 saturated carbocycles. The van der Waals surface area contributed by atoms with Crippen molar-refractivity contribution in [3.63, 3.8) is 0 Å². The van der Waals surface area contributed by atoms with Crippen molar-refractivity contribution in [1.29, 1.82) is 0 Å². The molecule has 0 amide bonds. The summed E-state index contributed by atoms with van der Waals surface area (Å²) in [6.07, 6.45) is -1.22. The highest BCUT2D eigenvalue weighted by atomic mass is 32.1. The highest BCUT2D eigenvalue weighted by molar-refractivity contribution is 7.81. The predicted octanol–water partition coefficient (Wildman–Crippen LogP) is 0.568. The van der Waals surface area contributed by atoms with Gasteiger partial charge < -0.3 is 19.7 Å². The summed E-state index contributed by atoms with van der Waals surface area (Å²) in [6.45, 7) is 5.58. The van der Waals surface area contributed by atoms with E-state index in [9.17, 15) is 5.11 Å². The molecule has 0 aromatic carbocycles. The van der Waals surface area contributed by atoms with Gasteiger partial charge >= 0.3 is 0 Å². The molecule has 2 N–H and O–H groups in total. The zero-order valence-corrected chi connectivity index (χ0v) is 10.3. The summed E-state index contributed by atoms with van der Waals surface area (Å²) < 4.78 is 11.1. The lowest BCUT2D eigenvalue weighted by molar-refractivity contribution is -0.257. The maximum atomic E-state index is 9.64. The second kappa shape index (κ2) is 5.01. The lowest BCUT2D eigenvalue weighted by Crippen LogP contribution is -2.50. The first-order valence-electron chi connectivity index (χ1n) is 5.14. The van der Waals surface area contributed by atoms with Gasteiger partial charge in [-0.05, 0) is 20.8 Å². The Morgan fingerprint density at radius 1 is 1.47 bits per heavy atom. The van der Waals surface area contributed by atoms with Gasteiger partial charge in [0, 0.05) is 11.7 Å². The summed E-state index contributed by atoms with van der Waals surface area (Å²) in [7, 11) is 0. The lowest BCUT2D eigenvalue weighted by atomic mass is 10.0. The van der Waals surface area contributed by atoms with Crippen molar-refractivity contribution in [2.75, 3.05) is 6.61 Å². The van der Waals surface area contributed by atoms with Gasteiger partial charge in [-0.2, -0.15) is 12.6 Å². The van der Waals surface area contributed by atoms with Crippen LogP contribution in [0.3, 0.4) is 0 Å². The van der Waals surface area contributed by atoms with Crippen LogP contribution in [-0.4, -0.2) is 46.2 Å². The molecular weight excluding hydrogens is 216 g/mol. The Balaban J connectivity index is 2.55. The molecule has 15 heavy (non-hydrogen) atoms. The zero-order chi connectivity index (χ0) is 11.6. The highest BCUT2D eigenvalue weighted by Crippen LogP contribution is 2.27. The molecule has 0 radical (unpaired) electrons. The van der Waals surface area contributed by atoms with Crippen LogP contribution >= 0.6 is 12.6 Å². The summed E-state index contributed by atoms with van der Waals surface area (Å²) >= 11 is 4.26. The first-order chi connectivity index (χ1) is 6.83. The minimum Gasteiger partial charge on any atom is -0.394 e. The van der Waals surface area contributed by atoms with Gasteiger partial charge in [-0.3, -0.25) is 0 Å². The fourth-order valence-corrected chi connectivity index (χ4v) is 1.90. The Labute approximate surface area is 96.0 Å². The van der Waals surface area contributed by atoms with Gasteiger partial charge in [0.05, 0.1) is 18.3 Å². The molecule has 1 aliphatic rings. The van der Waals surface area contributed by atoms with Crippen molar-refractivity contribution in [2.45, 2.75) is 56.5 Å². The van der Waals surface area contributed by atoms with Crippen LogP contribution in [0.4, 0.5) is 0 Å². The second-order valence-corrected chi connectivity index (χ2v) is 5.47. The molecule has 4 nitrogen and oxygen atoms in total. The number of aliphatic hydroxyl groups is 2. The van der Waals surface area contributed by atoms with Crippen molar-refractivity contribution >= 4 is 12.6 Å². The molecule has 1 saturated heterocycles. The fraction of sp³-hybridized carbons (Fsp3) is 1.00. The van der Waals surface area contributed by atoms with E-state index in [2.05, 4.69) is 12.6 Å². The van der Waals surface area contributed by atoms with E-state index in [4.69, 9.17) is 14.6 Å². The van der Waals surface area contributed by atoms with Crippen molar-refractivity contribution in [3.8, 4) is 0 Å². The van der Waals surface area contributed by atoms with E-state index >= 15 is 0 Å². The van der Waals surface area contributed by atoms with E-state index < -0.39 is 18.5 Å². The van der Waals surface area contributed by atoms with Gasteiger partial charge in [0.15, 0.2) is 6.29 Å². The third-order valence-corrected chi connectivity index (χ3v) is 2.72. The van der Waals surface area contributed by atoms with Gasteiger partial charge in [0.1, 0.15) is 6.10 Å². The summed E-state index contributed by atoms with van der Waals surface area (Å²) in [4.78, 5) is 0. The molecule has 0 aliphatic carbocycles. The molecule has 0 unspecified atom stereocenters. The maximum Gasteiger partial charge on any atom is 0.160 e. The first kappa shape index (κ1) is 13.3. The van der Waals surface area contributed by atoms with E-state index in [0.717, 1.165) is 0 Å². The van der Waals surface area contributed by atoms with Crippen molar-refractivity contribution in [1.82, 2.24) is 0 Å². The van der Waals surface area contributed by atoms with Gasteiger partial charge in [-0.15, -0.1) is 0 Å². The van der Waals surface area contributed by atoms with E-state index in [1.54, 1.807) is 0 Å². The van der Waals surface area contributed by atoms with E-state index in [0.29, 0.717) is 6.42 Å². The van der Waals surface area contributed by atoms with E-state index in [1.807, 2.05) is 20.8 Å². The number of hydrogen-bond acceptors (Lipinski definition) is 5. The Morgan fingerprint density at radius 2 is 2.07 bits per heavy atom. The molecule has 1 rings (SSSR count). The number of rotatable bonds is 2. The Kier molecular flexibility index (Phi) is 4.43. The Morgan fingerprint density at radius 3 is 2.53 bits per heavy atom. The molecule has 1 aliphatic heterocycles. The molecule has 0 spiro atoms. The molecular formula is C10H20O4S. The number of ether oxygens (including phenoxy) is 2. The average molecular weight is 236 g/mol. The molecule has 0 bridgehead atoms. The summed E-state index contributed by atoms with van der Waals surface area (Å²) in [5.74, 6) is 0. The third kappa shape index (κ3) is 3.92. The number of hydrogen-bond donors (Lipinski definition) is 3. The van der Waals surface area contributed by atoms with Crippen LogP contribution in [0.5, 0.6) is 0 Å². The normalized spacial score (nSPS) is 38.0. The molecule has 4 atom stereocenters. The van der Waals surface area contributed by atoms with Crippen LogP contribution in [0.2, 0.25) is 0 Å². The maximum absolute atomic E-state index is 9.64. The number of aliphatic hydroxyl groups excluding tert-OH is 2. The van der Waals surface area contributed by atoms with Crippen LogP contribution in [-0.2, 0) is 9.47 Å². The molecule has 90 valence electrons. The quantitative estimate of drug-likeness (QED) is 0.613. The van der Waals surface area contributed by atoms with Crippen molar-refractivity contribution in [3.05, 3.63) is 0 Å². The zero-order valence-electron chi connectivity index (χ0n) is 9.38. The fourth-order valence-electron chi connectivity index (χ4n) is 1.54. The Bertz CT molecular complexity index is 204. The van der Waals surface area contributed by atoms with Crippen LogP contribution in [0.1, 0.15) is 27.2 Å². The number of thiol groups is 1. The van der Waals surface area contributed by atoms with Gasteiger partial charge in [0.2, 0.25) is 0 Å². The molecule has 1 heterocycles. The second-order valence-electron chi connectivity index (χ2n) is 4.81. The van der Waals surface area contributed by atoms with Crippen molar-refractivity contribution in [2.24, 2.45) is 0 Å². The van der Waals surface area contributed by atoms with Crippen molar-refractivity contribution < 1.29 is 19.7 Å². The monoisotopic (exact) mass is 236 g/mol. The summed E-state index contributed by atoms with van der Waals surface area (Å²) in [5, 5.41) is 18.4. The van der Waals surface area contributed by atoms with Crippen LogP contribution in [0.15, 0.2) is 0 Å². The SMILES string of the molecule is CC(C)(C)O[C@H]1C[C@@H](S)[C@H](O)[C@@H](CO)O1. The third-order valence-electron chi connectivity index (χ3n) is 2.20. The minimum atomic E-state index is -0.738. The largest absolute Gasteiger partial charge is 0.394 e. The standard InChI is InChI=1S/C10H20O4S/c1-10(2,3)14-8-4-7(15)9(12)6(5-11)13-8/h6-9,11-12,15H,4-5H2,1-3H3/t6-,7-,8+,9-/m1/s1. The molecule has 0 aromatic heterocycles. The van der Waals surface area contributed by atoms with E-state index in [1.165, 1.54) is 0 Å². The Hall–Kier alpha value is 0.190. The first-order valence-corrected chi connectivity index (χ1v) is 5.65. The summed E-state index contributed by atoms with van der Waals surface area (Å²) in [6, 6.07) is 0. The highest BCUT2D eigenvalue weighted by Gasteiger charge is 2.37.